The molecule has 2 atom stereocenters. The van der Waals surface area contributed by atoms with Crippen LogP contribution < -0.4 is 0 Å². The molecule has 0 aliphatic heterocycles. The van der Waals surface area contributed by atoms with E-state index in [4.69, 9.17) is 14.2 Å². The van der Waals surface area contributed by atoms with Gasteiger partial charge in [0, 0.05) is 19.9 Å². The van der Waals surface area contributed by atoms with Crippen LogP contribution in [-0.4, -0.2) is 36.7 Å². The summed E-state index contributed by atoms with van der Waals surface area (Å²) in [5.74, 6) is -1.41. The highest BCUT2D eigenvalue weighted by atomic mass is 16.6. The summed E-state index contributed by atoms with van der Waals surface area (Å²) in [4.78, 5) is 33.8. The van der Waals surface area contributed by atoms with Crippen molar-refractivity contribution in [3.8, 4) is 0 Å². The third-order valence-corrected chi connectivity index (χ3v) is 2.86. The Labute approximate surface area is 118 Å². The molecule has 0 aromatic rings. The molecule has 6 nitrogen and oxygen atoms in total. The fraction of sp³-hybridized carbons (Fsp3) is 0.643. The molecule has 112 valence electrons. The normalized spacial score (nSPS) is 24.1. The SMILES string of the molecule is CCOC(=O)/C=C1/CCC[C@@H](OC(C)=O)C1OC(C)=O. The first-order chi connectivity index (χ1) is 9.43. The lowest BCUT2D eigenvalue weighted by Crippen LogP contribution is -2.39. The molecule has 0 heterocycles. The molecule has 1 rings (SSSR count). The molecule has 0 saturated heterocycles. The summed E-state index contributed by atoms with van der Waals surface area (Å²) in [6.45, 7) is 4.56. The van der Waals surface area contributed by atoms with Gasteiger partial charge < -0.3 is 14.2 Å². The molecule has 1 saturated carbocycles. The van der Waals surface area contributed by atoms with Gasteiger partial charge in [-0.3, -0.25) is 9.59 Å². The minimum Gasteiger partial charge on any atom is -0.463 e. The lowest BCUT2D eigenvalue weighted by Gasteiger charge is -2.32. The molecule has 1 aliphatic rings. The molecule has 0 radical (unpaired) electrons. The van der Waals surface area contributed by atoms with Gasteiger partial charge >= 0.3 is 17.9 Å². The van der Waals surface area contributed by atoms with Crippen molar-refractivity contribution in [2.24, 2.45) is 0 Å². The van der Waals surface area contributed by atoms with Crippen molar-refractivity contribution < 1.29 is 28.6 Å². The predicted molar refractivity (Wildman–Crippen MR) is 69.7 cm³/mol. The molecule has 0 spiro atoms. The zero-order chi connectivity index (χ0) is 15.1. The number of ether oxygens (including phenoxy) is 3. The van der Waals surface area contributed by atoms with Gasteiger partial charge in [-0.25, -0.2) is 4.79 Å². The van der Waals surface area contributed by atoms with Crippen LogP contribution in [0.4, 0.5) is 0 Å². The predicted octanol–water partition coefficient (Wildman–Crippen LogP) is 1.52. The number of esters is 3. The third kappa shape index (κ3) is 5.03. The Bertz CT molecular complexity index is 412. The molecule has 6 heteroatoms. The van der Waals surface area contributed by atoms with Crippen molar-refractivity contribution in [2.75, 3.05) is 6.61 Å². The largest absolute Gasteiger partial charge is 0.463 e. The number of rotatable bonds is 4. The quantitative estimate of drug-likeness (QED) is 0.442. The first-order valence-corrected chi connectivity index (χ1v) is 6.65. The van der Waals surface area contributed by atoms with E-state index in [1.54, 1.807) is 6.92 Å². The summed E-state index contributed by atoms with van der Waals surface area (Å²) in [7, 11) is 0. The van der Waals surface area contributed by atoms with Crippen LogP contribution in [0.25, 0.3) is 0 Å². The summed E-state index contributed by atoms with van der Waals surface area (Å²) >= 11 is 0. The van der Waals surface area contributed by atoms with E-state index in [2.05, 4.69) is 0 Å². The standard InChI is InChI=1S/C14H20O6/c1-4-18-13(17)8-11-6-5-7-12(19-9(2)15)14(11)20-10(3)16/h8,12,14H,4-7H2,1-3H3/b11-8-/t12-,14?/m1/s1. The number of carbonyl (C=O) groups is 3. The van der Waals surface area contributed by atoms with Gasteiger partial charge in [-0.05, 0) is 31.8 Å². The van der Waals surface area contributed by atoms with Crippen molar-refractivity contribution in [2.45, 2.75) is 52.2 Å². The first-order valence-electron chi connectivity index (χ1n) is 6.65. The fourth-order valence-corrected chi connectivity index (χ4v) is 2.19. The Hall–Kier alpha value is -1.85. The van der Waals surface area contributed by atoms with E-state index < -0.39 is 30.1 Å². The monoisotopic (exact) mass is 284 g/mol. The van der Waals surface area contributed by atoms with Gasteiger partial charge in [-0.15, -0.1) is 0 Å². The Balaban J connectivity index is 2.91. The van der Waals surface area contributed by atoms with E-state index in [-0.39, 0.29) is 6.61 Å². The van der Waals surface area contributed by atoms with E-state index in [9.17, 15) is 14.4 Å². The van der Waals surface area contributed by atoms with Gasteiger partial charge in [-0.1, -0.05) is 0 Å². The van der Waals surface area contributed by atoms with Crippen molar-refractivity contribution >= 4 is 17.9 Å². The van der Waals surface area contributed by atoms with E-state index in [1.807, 2.05) is 0 Å². The van der Waals surface area contributed by atoms with Gasteiger partial charge in [0.2, 0.25) is 0 Å². The summed E-state index contributed by atoms with van der Waals surface area (Å²) < 4.78 is 15.2. The second kappa shape index (κ2) is 7.67. The van der Waals surface area contributed by atoms with Gasteiger partial charge in [0.1, 0.15) is 6.10 Å². The molecule has 1 fully saturated rings. The van der Waals surface area contributed by atoms with Crippen molar-refractivity contribution in [1.29, 1.82) is 0 Å². The maximum Gasteiger partial charge on any atom is 0.330 e. The van der Waals surface area contributed by atoms with Crippen molar-refractivity contribution in [3.05, 3.63) is 11.6 Å². The molecule has 0 amide bonds. The molecular weight excluding hydrogens is 264 g/mol. The molecule has 20 heavy (non-hydrogen) atoms. The Kier molecular flexibility index (Phi) is 6.21. The summed E-state index contributed by atoms with van der Waals surface area (Å²) in [5.41, 5.74) is 0.621. The van der Waals surface area contributed by atoms with Crippen LogP contribution in [0.1, 0.15) is 40.0 Å². The fourth-order valence-electron chi connectivity index (χ4n) is 2.19. The Morgan fingerprint density at radius 3 is 2.40 bits per heavy atom. The highest BCUT2D eigenvalue weighted by Crippen LogP contribution is 2.29. The van der Waals surface area contributed by atoms with E-state index in [0.717, 1.165) is 6.42 Å². The lowest BCUT2D eigenvalue weighted by molar-refractivity contribution is -0.164. The third-order valence-electron chi connectivity index (χ3n) is 2.86. The first kappa shape index (κ1) is 16.2. The smallest absolute Gasteiger partial charge is 0.330 e. The van der Waals surface area contributed by atoms with Crippen LogP contribution in [0.2, 0.25) is 0 Å². The Morgan fingerprint density at radius 2 is 1.85 bits per heavy atom. The maximum absolute atomic E-state index is 11.5. The maximum atomic E-state index is 11.5. The number of hydrogen-bond acceptors (Lipinski definition) is 6. The summed E-state index contributed by atoms with van der Waals surface area (Å²) in [5, 5.41) is 0. The van der Waals surface area contributed by atoms with Gasteiger partial charge in [0.15, 0.2) is 6.10 Å². The van der Waals surface area contributed by atoms with E-state index >= 15 is 0 Å². The second-order valence-electron chi connectivity index (χ2n) is 4.54. The van der Waals surface area contributed by atoms with Crippen LogP contribution >= 0.6 is 0 Å². The molecule has 1 unspecified atom stereocenters. The molecule has 0 N–H and O–H groups in total. The second-order valence-corrected chi connectivity index (χ2v) is 4.54. The average molecular weight is 284 g/mol. The topological polar surface area (TPSA) is 78.9 Å². The number of carbonyl (C=O) groups excluding carboxylic acids is 3. The number of hydrogen-bond donors (Lipinski definition) is 0. The van der Waals surface area contributed by atoms with Crippen molar-refractivity contribution in [3.63, 3.8) is 0 Å². The van der Waals surface area contributed by atoms with Gasteiger partial charge in [0.05, 0.1) is 6.61 Å². The van der Waals surface area contributed by atoms with Gasteiger partial charge in [0.25, 0.3) is 0 Å². The van der Waals surface area contributed by atoms with Crippen LogP contribution in [-0.2, 0) is 28.6 Å². The van der Waals surface area contributed by atoms with Crippen LogP contribution in [0.3, 0.4) is 0 Å². The molecule has 0 bridgehead atoms. The zero-order valence-corrected chi connectivity index (χ0v) is 12.0. The minimum absolute atomic E-state index is 0.272. The van der Waals surface area contributed by atoms with E-state index in [0.29, 0.717) is 18.4 Å². The van der Waals surface area contributed by atoms with Crippen LogP contribution in [0.15, 0.2) is 11.6 Å². The minimum atomic E-state index is -0.713. The van der Waals surface area contributed by atoms with Crippen LogP contribution in [0.5, 0.6) is 0 Å². The molecule has 1 aliphatic carbocycles. The highest BCUT2D eigenvalue weighted by Gasteiger charge is 2.34. The molecule has 0 aromatic heterocycles. The summed E-state index contributed by atoms with van der Waals surface area (Å²) in [6.07, 6.45) is 2.01. The van der Waals surface area contributed by atoms with Crippen LogP contribution in [0, 0.1) is 0 Å². The Morgan fingerprint density at radius 1 is 1.20 bits per heavy atom. The lowest BCUT2D eigenvalue weighted by atomic mass is 9.89. The molecule has 0 aromatic carbocycles. The highest BCUT2D eigenvalue weighted by molar-refractivity contribution is 5.83. The van der Waals surface area contributed by atoms with Crippen molar-refractivity contribution in [1.82, 2.24) is 0 Å². The average Bonchev–Trinajstić information content (AvgIpc) is 2.32. The summed E-state index contributed by atoms with van der Waals surface area (Å²) in [6, 6.07) is 0. The van der Waals surface area contributed by atoms with Gasteiger partial charge in [-0.2, -0.15) is 0 Å². The van der Waals surface area contributed by atoms with E-state index in [1.165, 1.54) is 19.9 Å². The zero-order valence-electron chi connectivity index (χ0n) is 12.0. The molecular formula is C14H20O6.